The first-order valence-electron chi connectivity index (χ1n) is 6.25. The van der Waals surface area contributed by atoms with Gasteiger partial charge in [-0.2, -0.15) is 5.10 Å². The summed E-state index contributed by atoms with van der Waals surface area (Å²) in [7, 11) is 5.03. The van der Waals surface area contributed by atoms with E-state index in [0.717, 1.165) is 28.8 Å². The molecule has 0 unspecified atom stereocenters. The van der Waals surface area contributed by atoms with E-state index in [0.29, 0.717) is 17.1 Å². The van der Waals surface area contributed by atoms with Crippen LogP contribution in [0.25, 0.3) is 11.1 Å². The fourth-order valence-corrected chi connectivity index (χ4v) is 2.40. The van der Waals surface area contributed by atoms with E-state index < -0.39 is 0 Å². The Morgan fingerprint density at radius 1 is 1.20 bits per heavy atom. The highest BCUT2D eigenvalue weighted by molar-refractivity contribution is 5.85. The zero-order valence-electron chi connectivity index (χ0n) is 12.4. The molecule has 106 valence electrons. The molecule has 0 amide bonds. The van der Waals surface area contributed by atoms with Crippen molar-refractivity contribution in [3.63, 3.8) is 0 Å². The van der Waals surface area contributed by atoms with Gasteiger partial charge in [-0.25, -0.2) is 0 Å². The molecule has 0 fully saturated rings. The van der Waals surface area contributed by atoms with Gasteiger partial charge in [0.1, 0.15) is 6.29 Å². The second kappa shape index (κ2) is 5.36. The molecule has 2 aromatic rings. The first-order chi connectivity index (χ1) is 9.53. The first-order valence-corrected chi connectivity index (χ1v) is 6.25. The molecule has 5 nitrogen and oxygen atoms in total. The molecule has 1 heterocycles. The van der Waals surface area contributed by atoms with E-state index in [1.165, 1.54) is 0 Å². The van der Waals surface area contributed by atoms with Crippen molar-refractivity contribution < 1.29 is 14.3 Å². The number of benzene rings is 1. The summed E-state index contributed by atoms with van der Waals surface area (Å²) in [4.78, 5) is 11.1. The van der Waals surface area contributed by atoms with Crippen molar-refractivity contribution in [1.82, 2.24) is 9.78 Å². The molecular formula is C15H18N2O3. The van der Waals surface area contributed by atoms with Gasteiger partial charge < -0.3 is 9.47 Å². The van der Waals surface area contributed by atoms with Crippen LogP contribution in [0, 0.1) is 13.8 Å². The molecule has 0 aliphatic heterocycles. The molecule has 0 N–H and O–H groups in total. The standard InChI is InChI=1S/C15H18N2O3/c1-9-14(10(2)17(3)16-9)12-6-11(8-18)7-13(19-4)15(12)20-5/h6-8H,1-5H3. The number of carbonyl (C=O) groups excluding carboxylic acids is 1. The van der Waals surface area contributed by atoms with Crippen molar-refractivity contribution in [2.45, 2.75) is 13.8 Å². The summed E-state index contributed by atoms with van der Waals surface area (Å²) < 4.78 is 12.6. The minimum Gasteiger partial charge on any atom is -0.493 e. The Kier molecular flexibility index (Phi) is 3.79. The number of aryl methyl sites for hydroxylation is 2. The smallest absolute Gasteiger partial charge is 0.168 e. The van der Waals surface area contributed by atoms with Crippen LogP contribution in [0.4, 0.5) is 0 Å². The lowest BCUT2D eigenvalue weighted by molar-refractivity contribution is 0.112. The van der Waals surface area contributed by atoms with Crippen LogP contribution in [-0.4, -0.2) is 30.3 Å². The molecule has 1 aromatic carbocycles. The van der Waals surface area contributed by atoms with E-state index in [2.05, 4.69) is 5.10 Å². The predicted octanol–water partition coefficient (Wildman–Crippen LogP) is 2.53. The second-order valence-electron chi connectivity index (χ2n) is 4.59. The molecule has 0 aliphatic rings. The molecule has 0 atom stereocenters. The van der Waals surface area contributed by atoms with E-state index in [4.69, 9.17) is 9.47 Å². The number of carbonyl (C=O) groups is 1. The molecule has 0 spiro atoms. The third-order valence-electron chi connectivity index (χ3n) is 3.42. The minimum atomic E-state index is 0.537. The van der Waals surface area contributed by atoms with Crippen molar-refractivity contribution >= 4 is 6.29 Å². The average Bonchev–Trinajstić information content (AvgIpc) is 2.70. The normalized spacial score (nSPS) is 10.4. The zero-order chi connectivity index (χ0) is 14.9. The predicted molar refractivity (Wildman–Crippen MR) is 76.6 cm³/mol. The average molecular weight is 274 g/mol. The Hall–Kier alpha value is -2.30. The van der Waals surface area contributed by atoms with Crippen molar-refractivity contribution in [2.75, 3.05) is 14.2 Å². The first kappa shape index (κ1) is 14.1. The van der Waals surface area contributed by atoms with Gasteiger partial charge in [-0.05, 0) is 26.0 Å². The maximum atomic E-state index is 11.1. The number of aldehydes is 1. The largest absolute Gasteiger partial charge is 0.493 e. The van der Waals surface area contributed by atoms with E-state index >= 15 is 0 Å². The van der Waals surface area contributed by atoms with E-state index in [9.17, 15) is 4.79 Å². The topological polar surface area (TPSA) is 53.3 Å². The molecule has 20 heavy (non-hydrogen) atoms. The minimum absolute atomic E-state index is 0.537. The van der Waals surface area contributed by atoms with Crippen molar-refractivity contribution in [2.24, 2.45) is 7.05 Å². The monoisotopic (exact) mass is 274 g/mol. The van der Waals surface area contributed by atoms with Gasteiger partial charge in [-0.15, -0.1) is 0 Å². The second-order valence-corrected chi connectivity index (χ2v) is 4.59. The van der Waals surface area contributed by atoms with Gasteiger partial charge in [0, 0.05) is 29.4 Å². The molecule has 0 saturated heterocycles. The van der Waals surface area contributed by atoms with Crippen LogP contribution in [-0.2, 0) is 7.05 Å². The number of hydrogen-bond acceptors (Lipinski definition) is 4. The van der Waals surface area contributed by atoms with Crippen LogP contribution < -0.4 is 9.47 Å². The quantitative estimate of drug-likeness (QED) is 0.804. The summed E-state index contributed by atoms with van der Waals surface area (Å²) >= 11 is 0. The third-order valence-corrected chi connectivity index (χ3v) is 3.42. The SMILES string of the molecule is COc1cc(C=O)cc(-c2c(C)nn(C)c2C)c1OC. The van der Waals surface area contributed by atoms with Crippen LogP contribution >= 0.6 is 0 Å². The molecule has 5 heteroatoms. The molecule has 1 aromatic heterocycles. The summed E-state index contributed by atoms with van der Waals surface area (Å²) in [6, 6.07) is 3.46. The van der Waals surface area contributed by atoms with Crippen LogP contribution in [0.1, 0.15) is 21.7 Å². The summed E-state index contributed by atoms with van der Waals surface area (Å²) in [5, 5.41) is 4.41. The number of ether oxygens (including phenoxy) is 2. The van der Waals surface area contributed by atoms with E-state index in [-0.39, 0.29) is 0 Å². The highest BCUT2D eigenvalue weighted by Gasteiger charge is 2.20. The van der Waals surface area contributed by atoms with E-state index in [1.807, 2.05) is 25.6 Å². The van der Waals surface area contributed by atoms with Crippen molar-refractivity contribution in [3.05, 3.63) is 29.1 Å². The number of hydrogen-bond donors (Lipinski definition) is 0. The van der Waals surface area contributed by atoms with Crippen LogP contribution in [0.15, 0.2) is 12.1 Å². The Morgan fingerprint density at radius 2 is 1.90 bits per heavy atom. The van der Waals surface area contributed by atoms with Gasteiger partial charge in [-0.1, -0.05) is 0 Å². The number of rotatable bonds is 4. The molecule has 0 radical (unpaired) electrons. The Labute approximate surface area is 118 Å². The lowest BCUT2D eigenvalue weighted by Crippen LogP contribution is -1.97. The van der Waals surface area contributed by atoms with Gasteiger partial charge in [0.2, 0.25) is 0 Å². The number of methoxy groups -OCH3 is 2. The van der Waals surface area contributed by atoms with Crippen molar-refractivity contribution in [1.29, 1.82) is 0 Å². The zero-order valence-corrected chi connectivity index (χ0v) is 12.4. The fourth-order valence-electron chi connectivity index (χ4n) is 2.40. The number of nitrogens with zero attached hydrogens (tertiary/aromatic N) is 2. The van der Waals surface area contributed by atoms with Crippen LogP contribution in [0.2, 0.25) is 0 Å². The Morgan fingerprint density at radius 3 is 2.35 bits per heavy atom. The molecule has 0 saturated carbocycles. The van der Waals surface area contributed by atoms with Gasteiger partial charge in [0.15, 0.2) is 11.5 Å². The Bertz CT molecular complexity index is 660. The summed E-state index contributed by atoms with van der Waals surface area (Å²) in [5.41, 5.74) is 4.21. The fraction of sp³-hybridized carbons (Fsp3) is 0.333. The molecule has 2 rings (SSSR count). The van der Waals surface area contributed by atoms with Crippen molar-refractivity contribution in [3.8, 4) is 22.6 Å². The molecular weight excluding hydrogens is 256 g/mol. The van der Waals surface area contributed by atoms with Gasteiger partial charge in [0.05, 0.1) is 19.9 Å². The van der Waals surface area contributed by atoms with E-state index in [1.54, 1.807) is 26.4 Å². The lowest BCUT2D eigenvalue weighted by Gasteiger charge is -2.14. The number of aromatic nitrogens is 2. The Balaban J connectivity index is 2.80. The van der Waals surface area contributed by atoms with Gasteiger partial charge >= 0.3 is 0 Å². The highest BCUT2D eigenvalue weighted by atomic mass is 16.5. The molecule has 0 bridgehead atoms. The summed E-state index contributed by atoms with van der Waals surface area (Å²) in [6.45, 7) is 3.91. The third kappa shape index (κ3) is 2.15. The van der Waals surface area contributed by atoms with Crippen LogP contribution in [0.3, 0.4) is 0 Å². The highest BCUT2D eigenvalue weighted by Crippen LogP contribution is 2.41. The maximum absolute atomic E-state index is 11.1. The summed E-state index contributed by atoms with van der Waals surface area (Å²) in [5.74, 6) is 1.15. The molecule has 0 aliphatic carbocycles. The van der Waals surface area contributed by atoms with Crippen LogP contribution in [0.5, 0.6) is 11.5 Å². The van der Waals surface area contributed by atoms with Gasteiger partial charge in [-0.3, -0.25) is 9.48 Å². The maximum Gasteiger partial charge on any atom is 0.168 e. The summed E-state index contributed by atoms with van der Waals surface area (Å²) in [6.07, 6.45) is 0.798. The van der Waals surface area contributed by atoms with Gasteiger partial charge in [0.25, 0.3) is 0 Å². The lowest BCUT2D eigenvalue weighted by atomic mass is 9.99.